The van der Waals surface area contributed by atoms with Crippen LogP contribution >= 0.6 is 0 Å². The van der Waals surface area contributed by atoms with Crippen molar-refractivity contribution in [3.8, 4) is 0 Å². The van der Waals surface area contributed by atoms with Gasteiger partial charge in [-0.3, -0.25) is 28.8 Å². The molecule has 5 atom stereocenters. The molecule has 3 fully saturated rings. The monoisotopic (exact) mass is 799 g/mol. The molecular weight excluding hydrogens is 743 g/mol. The largest absolute Gasteiger partial charge is 0.449 e. The number of nitrogens with zero attached hydrogens (tertiary/aromatic N) is 2. The van der Waals surface area contributed by atoms with Crippen LogP contribution in [0.1, 0.15) is 121 Å². The standard InChI is InChI=1S/C40H57N5O10S/c1-7-25-18-40(25,35(49)43-56(52,53)27-13-14-27)19-31(46)30-17-26-21-45(30)34(48)32(38(2,3)4)42-36(50)54-23-39(5,6)15-8-9-16-41-33(47)28-12-10-11-24-20-44(22-29(24)28)37(51)55-26/h10-12,25-27,30,32H,7-9,13-23H2,1-6H3,(H,41,47)(H,42,50)(H,43,49)/t25-,26+,30?,32+,40-/m0/s1. The van der Waals surface area contributed by atoms with Gasteiger partial charge in [-0.1, -0.05) is 66.5 Å². The van der Waals surface area contributed by atoms with Crippen molar-refractivity contribution in [3.63, 3.8) is 0 Å². The summed E-state index contributed by atoms with van der Waals surface area (Å²) in [5.41, 5.74) is -0.465. The first-order chi connectivity index (χ1) is 26.2. The summed E-state index contributed by atoms with van der Waals surface area (Å²) in [6.45, 7) is 11.9. The van der Waals surface area contributed by atoms with E-state index in [2.05, 4.69) is 15.4 Å². The molecule has 1 saturated heterocycles. The Bertz CT molecular complexity index is 1870. The number of sulfonamides is 1. The molecule has 1 aromatic carbocycles. The number of alkyl carbamates (subject to hydrolysis) is 1. The number of hydrogen-bond acceptors (Lipinski definition) is 10. The van der Waals surface area contributed by atoms with E-state index in [1.165, 1.54) is 9.80 Å². The highest BCUT2D eigenvalue weighted by Gasteiger charge is 2.62. The Labute approximate surface area is 329 Å². The fourth-order valence-electron chi connectivity index (χ4n) is 8.36. The molecule has 16 heteroatoms. The van der Waals surface area contributed by atoms with Crippen LogP contribution in [-0.4, -0.2) is 97.0 Å². The third-order valence-electron chi connectivity index (χ3n) is 12.1. The van der Waals surface area contributed by atoms with Gasteiger partial charge in [0.15, 0.2) is 5.78 Å². The van der Waals surface area contributed by atoms with Crippen LogP contribution in [0.2, 0.25) is 0 Å². The average Bonchev–Trinajstić information content (AvgIpc) is 4.02. The minimum Gasteiger partial charge on any atom is -0.449 e. The first kappa shape index (κ1) is 41.4. The second-order valence-electron chi connectivity index (χ2n) is 18.2. The van der Waals surface area contributed by atoms with Crippen LogP contribution in [0.15, 0.2) is 18.2 Å². The Hall–Kier alpha value is -4.21. The predicted octanol–water partition coefficient (Wildman–Crippen LogP) is 4.17. The summed E-state index contributed by atoms with van der Waals surface area (Å²) in [4.78, 5) is 85.7. The second-order valence-corrected chi connectivity index (χ2v) is 20.2. The number of hydrogen-bond donors (Lipinski definition) is 3. The van der Waals surface area contributed by atoms with E-state index >= 15 is 0 Å². The number of cyclic esters (lactones) is 1. The van der Waals surface area contributed by atoms with Crippen molar-refractivity contribution in [3.05, 3.63) is 34.9 Å². The Kier molecular flexibility index (Phi) is 11.6. The zero-order valence-electron chi connectivity index (χ0n) is 33.4. The summed E-state index contributed by atoms with van der Waals surface area (Å²) in [6, 6.07) is 3.10. The summed E-state index contributed by atoms with van der Waals surface area (Å²) in [5.74, 6) is -2.21. The average molecular weight is 800 g/mol. The van der Waals surface area contributed by atoms with Crippen molar-refractivity contribution in [1.29, 1.82) is 0 Å². The molecule has 5 aliphatic rings. The van der Waals surface area contributed by atoms with Crippen molar-refractivity contribution < 1.29 is 46.7 Å². The molecule has 3 aliphatic heterocycles. The number of fused-ring (bicyclic) bond motifs is 3. The highest BCUT2D eigenvalue weighted by Crippen LogP contribution is 2.58. The van der Waals surface area contributed by atoms with Gasteiger partial charge in [-0.05, 0) is 66.0 Å². The Morgan fingerprint density at radius 2 is 1.79 bits per heavy atom. The van der Waals surface area contributed by atoms with Gasteiger partial charge in [0.2, 0.25) is 21.8 Å². The lowest BCUT2D eigenvalue weighted by Gasteiger charge is -2.35. The molecule has 0 spiro atoms. The Morgan fingerprint density at radius 1 is 1.05 bits per heavy atom. The smallest absolute Gasteiger partial charge is 0.410 e. The van der Waals surface area contributed by atoms with Crippen molar-refractivity contribution in [2.24, 2.45) is 22.2 Å². The Balaban J connectivity index is 1.28. The van der Waals surface area contributed by atoms with E-state index in [0.29, 0.717) is 50.6 Å². The van der Waals surface area contributed by atoms with Crippen LogP contribution in [0.3, 0.4) is 0 Å². The van der Waals surface area contributed by atoms with Gasteiger partial charge in [-0.25, -0.2) is 18.0 Å². The maximum Gasteiger partial charge on any atom is 0.410 e. The van der Waals surface area contributed by atoms with E-state index in [9.17, 15) is 37.2 Å². The quantitative estimate of drug-likeness (QED) is 0.360. The van der Waals surface area contributed by atoms with Crippen molar-refractivity contribution >= 4 is 45.7 Å². The maximum absolute atomic E-state index is 14.6. The van der Waals surface area contributed by atoms with Crippen molar-refractivity contribution in [2.45, 2.75) is 136 Å². The van der Waals surface area contributed by atoms with Gasteiger partial charge in [-0.15, -0.1) is 0 Å². The number of benzene rings is 1. The first-order valence-electron chi connectivity index (χ1n) is 19.9. The van der Waals surface area contributed by atoms with Crippen molar-refractivity contribution in [2.75, 3.05) is 19.7 Å². The third-order valence-corrected chi connectivity index (χ3v) is 13.9. The van der Waals surface area contributed by atoms with E-state index in [4.69, 9.17) is 9.47 Å². The predicted molar refractivity (Wildman–Crippen MR) is 204 cm³/mol. The second kappa shape index (κ2) is 15.6. The lowest BCUT2D eigenvalue weighted by molar-refractivity contribution is -0.142. The highest BCUT2D eigenvalue weighted by atomic mass is 32.2. The lowest BCUT2D eigenvalue weighted by Crippen LogP contribution is -2.57. The van der Waals surface area contributed by atoms with Crippen LogP contribution in [0, 0.1) is 22.2 Å². The summed E-state index contributed by atoms with van der Waals surface area (Å²) in [5, 5.41) is 5.11. The van der Waals surface area contributed by atoms with Gasteiger partial charge >= 0.3 is 12.2 Å². The van der Waals surface area contributed by atoms with Gasteiger partial charge in [0, 0.05) is 31.5 Å². The number of Topliss-reactive ketones (excluding diaryl/α,β-unsaturated/α-hetero) is 1. The highest BCUT2D eigenvalue weighted by molar-refractivity contribution is 7.90. The van der Waals surface area contributed by atoms with Crippen LogP contribution < -0.4 is 15.4 Å². The number of amides is 5. The SMILES string of the molecule is CC[C@H]1C[C@@]1(CC(=O)C1C[C@@H]2CN1C(=O)[C@H](C(C)(C)C)NC(=O)OCC(C)(C)CCCCNC(=O)c1cccc3c1CN(C3)C(=O)O2)C(=O)NS(=O)(=O)C1CC1. The van der Waals surface area contributed by atoms with Crippen molar-refractivity contribution in [1.82, 2.24) is 25.2 Å². The van der Waals surface area contributed by atoms with E-state index in [0.717, 1.165) is 17.5 Å². The van der Waals surface area contributed by atoms with Gasteiger partial charge in [0.25, 0.3) is 5.91 Å². The minimum atomic E-state index is -3.86. The molecule has 308 valence electrons. The maximum atomic E-state index is 14.6. The van der Waals surface area contributed by atoms with Gasteiger partial charge in [-0.2, -0.15) is 0 Å². The third kappa shape index (κ3) is 8.99. The molecule has 1 unspecified atom stereocenters. The summed E-state index contributed by atoms with van der Waals surface area (Å²) in [7, 11) is -3.86. The molecule has 4 bridgehead atoms. The molecule has 0 radical (unpaired) electrons. The van der Waals surface area contributed by atoms with Gasteiger partial charge in [0.1, 0.15) is 12.1 Å². The molecule has 3 heterocycles. The number of carbonyl (C=O) groups excluding carboxylic acids is 6. The zero-order chi connectivity index (χ0) is 40.8. The molecule has 56 heavy (non-hydrogen) atoms. The molecular formula is C40H57N5O10S. The first-order valence-corrected chi connectivity index (χ1v) is 21.5. The number of ether oxygens (including phenoxy) is 2. The fourth-order valence-corrected chi connectivity index (χ4v) is 9.74. The van der Waals surface area contributed by atoms with Gasteiger partial charge < -0.3 is 25.0 Å². The normalized spacial score (nSPS) is 28.9. The number of rotatable bonds is 7. The molecule has 15 nitrogen and oxygen atoms in total. The van der Waals surface area contributed by atoms with Crippen LogP contribution in [0.25, 0.3) is 0 Å². The van der Waals surface area contributed by atoms with E-state index in [1.54, 1.807) is 32.9 Å². The van der Waals surface area contributed by atoms with E-state index < -0.39 is 79.5 Å². The topological polar surface area (TPSA) is 198 Å². The molecule has 0 aromatic heterocycles. The zero-order valence-corrected chi connectivity index (χ0v) is 34.2. The summed E-state index contributed by atoms with van der Waals surface area (Å²) < 4.78 is 39.4. The summed E-state index contributed by atoms with van der Waals surface area (Å²) >= 11 is 0. The fraction of sp³-hybridized carbons (Fsp3) is 0.700. The number of carbonyl (C=O) groups is 6. The number of ketones is 1. The Morgan fingerprint density at radius 3 is 2.45 bits per heavy atom. The van der Waals surface area contributed by atoms with Gasteiger partial charge in [0.05, 0.1) is 36.4 Å². The van der Waals surface area contributed by atoms with Crippen LogP contribution in [0.5, 0.6) is 0 Å². The molecule has 2 aliphatic carbocycles. The van der Waals surface area contributed by atoms with E-state index in [1.807, 2.05) is 26.8 Å². The molecule has 3 N–H and O–H groups in total. The molecule has 5 amide bonds. The lowest BCUT2D eigenvalue weighted by atomic mass is 9.85. The van der Waals surface area contributed by atoms with E-state index in [-0.39, 0.29) is 50.9 Å². The van der Waals surface area contributed by atoms with Crippen LogP contribution in [0.4, 0.5) is 9.59 Å². The summed E-state index contributed by atoms with van der Waals surface area (Å²) in [6.07, 6.45) is 1.24. The molecule has 1 aromatic rings. The molecule has 6 rings (SSSR count). The van der Waals surface area contributed by atoms with Crippen LogP contribution in [-0.2, 0) is 47.0 Å². The molecule has 2 saturated carbocycles. The minimum absolute atomic E-state index is 0.0604. The number of nitrogens with one attached hydrogen (secondary N) is 3.